The summed E-state index contributed by atoms with van der Waals surface area (Å²) in [6, 6.07) is 13.6. The van der Waals surface area contributed by atoms with E-state index in [0.29, 0.717) is 22.2 Å². The lowest BCUT2D eigenvalue weighted by atomic mass is 10.1. The molecule has 0 bridgehead atoms. The maximum Gasteiger partial charge on any atom is 0.524 e. The smallest absolute Gasteiger partial charge is 0.404 e. The minimum atomic E-state index is -4.64. The number of aromatic amines is 1. The van der Waals surface area contributed by atoms with Gasteiger partial charge in [-0.2, -0.15) is 0 Å². The zero-order chi connectivity index (χ0) is 19.0. The van der Waals surface area contributed by atoms with Crippen LogP contribution in [0, 0.1) is 0 Å². The standard InChI is InChI=1S/C19H19N2O5P/c22-19-12-18(13-4-3-5-15(10-13)26-27(23,24)25)20-17-7-6-14(11-16(17)19)21-8-1-2-9-21/h3-7,10-12H,1-2,8-9H2,(H,20,22)(H2,23,24,25). The van der Waals surface area contributed by atoms with E-state index in [0.717, 1.165) is 18.8 Å². The molecule has 1 aromatic heterocycles. The molecule has 1 saturated heterocycles. The Morgan fingerprint density at radius 3 is 2.56 bits per heavy atom. The van der Waals surface area contributed by atoms with Gasteiger partial charge in [-0.3, -0.25) is 14.6 Å². The van der Waals surface area contributed by atoms with Gasteiger partial charge in [-0.05, 0) is 43.2 Å². The van der Waals surface area contributed by atoms with Crippen molar-refractivity contribution in [3.8, 4) is 17.0 Å². The van der Waals surface area contributed by atoms with Gasteiger partial charge in [-0.25, -0.2) is 4.57 Å². The SMILES string of the molecule is O=c1cc(-c2cccc(OP(=O)(O)O)c2)[nH]c2ccc(N3CCCC3)cc12. The highest BCUT2D eigenvalue weighted by Gasteiger charge is 2.17. The molecule has 1 aliphatic rings. The number of H-pyrrole nitrogens is 1. The predicted molar refractivity (Wildman–Crippen MR) is 104 cm³/mol. The Kier molecular flexibility index (Phi) is 4.52. The minimum Gasteiger partial charge on any atom is -0.404 e. The van der Waals surface area contributed by atoms with Gasteiger partial charge in [-0.15, -0.1) is 0 Å². The van der Waals surface area contributed by atoms with Gasteiger partial charge in [0.25, 0.3) is 0 Å². The summed E-state index contributed by atoms with van der Waals surface area (Å²) in [5, 5.41) is 0.616. The lowest BCUT2D eigenvalue weighted by molar-refractivity contribution is 0.283. The molecule has 0 saturated carbocycles. The molecule has 0 atom stereocenters. The number of rotatable bonds is 4. The van der Waals surface area contributed by atoms with Gasteiger partial charge in [0.05, 0.1) is 0 Å². The van der Waals surface area contributed by atoms with Crippen molar-refractivity contribution in [1.29, 1.82) is 0 Å². The molecule has 0 amide bonds. The maximum atomic E-state index is 12.7. The van der Waals surface area contributed by atoms with E-state index in [4.69, 9.17) is 9.79 Å². The van der Waals surface area contributed by atoms with Crippen molar-refractivity contribution in [2.24, 2.45) is 0 Å². The molecule has 2 aromatic carbocycles. The summed E-state index contributed by atoms with van der Waals surface area (Å²) in [4.78, 5) is 36.1. The summed E-state index contributed by atoms with van der Waals surface area (Å²) in [6.45, 7) is 2.02. The number of phosphoric acid groups is 1. The zero-order valence-corrected chi connectivity index (χ0v) is 15.4. The number of nitrogens with one attached hydrogen (secondary N) is 1. The van der Waals surface area contributed by atoms with Crippen molar-refractivity contribution < 1.29 is 18.9 Å². The van der Waals surface area contributed by atoms with E-state index in [1.165, 1.54) is 31.0 Å². The summed E-state index contributed by atoms with van der Waals surface area (Å²) >= 11 is 0. The Balaban J connectivity index is 1.73. The summed E-state index contributed by atoms with van der Waals surface area (Å²) in [6.07, 6.45) is 2.33. The van der Waals surface area contributed by atoms with Crippen LogP contribution in [0.1, 0.15) is 12.8 Å². The fourth-order valence-corrected chi connectivity index (χ4v) is 3.81. The Morgan fingerprint density at radius 1 is 1.04 bits per heavy atom. The summed E-state index contributed by atoms with van der Waals surface area (Å²) in [5.74, 6) is 0.0335. The average Bonchev–Trinajstić information content (AvgIpc) is 3.15. The summed E-state index contributed by atoms with van der Waals surface area (Å²) in [7, 11) is -4.64. The van der Waals surface area contributed by atoms with Crippen LogP contribution in [-0.2, 0) is 4.57 Å². The maximum absolute atomic E-state index is 12.7. The lowest BCUT2D eigenvalue weighted by Crippen LogP contribution is -2.17. The molecule has 0 aliphatic carbocycles. The third-order valence-electron chi connectivity index (χ3n) is 4.65. The van der Waals surface area contributed by atoms with Crippen LogP contribution in [0.15, 0.2) is 53.3 Å². The first-order valence-electron chi connectivity index (χ1n) is 8.67. The van der Waals surface area contributed by atoms with Gasteiger partial charge in [0.1, 0.15) is 5.75 Å². The van der Waals surface area contributed by atoms with Crippen molar-refractivity contribution in [1.82, 2.24) is 4.98 Å². The molecular weight excluding hydrogens is 367 g/mol. The quantitative estimate of drug-likeness (QED) is 0.595. The van der Waals surface area contributed by atoms with Crippen LogP contribution in [0.3, 0.4) is 0 Å². The molecule has 3 aromatic rings. The number of hydrogen-bond donors (Lipinski definition) is 3. The van der Waals surface area contributed by atoms with Crippen LogP contribution in [0.5, 0.6) is 5.75 Å². The highest BCUT2D eigenvalue weighted by molar-refractivity contribution is 7.46. The van der Waals surface area contributed by atoms with Crippen LogP contribution in [0.2, 0.25) is 0 Å². The first-order chi connectivity index (χ1) is 12.9. The van der Waals surface area contributed by atoms with E-state index in [1.807, 2.05) is 18.2 Å². The highest BCUT2D eigenvalue weighted by atomic mass is 31.2. The molecule has 1 fully saturated rings. The molecule has 4 rings (SSSR count). The molecule has 7 nitrogen and oxygen atoms in total. The van der Waals surface area contributed by atoms with Crippen LogP contribution < -0.4 is 14.9 Å². The Bertz CT molecular complexity index is 1100. The topological polar surface area (TPSA) is 103 Å². The van der Waals surface area contributed by atoms with E-state index in [2.05, 4.69) is 14.4 Å². The second-order valence-corrected chi connectivity index (χ2v) is 7.74. The third-order valence-corrected chi connectivity index (χ3v) is 5.10. The second-order valence-electron chi connectivity index (χ2n) is 6.58. The molecule has 2 heterocycles. The molecule has 140 valence electrons. The van der Waals surface area contributed by atoms with Crippen LogP contribution in [-0.4, -0.2) is 27.9 Å². The van der Waals surface area contributed by atoms with Crippen LogP contribution >= 0.6 is 7.82 Å². The number of benzene rings is 2. The van der Waals surface area contributed by atoms with Gasteiger partial charge in [0.2, 0.25) is 0 Å². The summed E-state index contributed by atoms with van der Waals surface area (Å²) < 4.78 is 15.7. The fraction of sp³-hybridized carbons (Fsp3) is 0.211. The predicted octanol–water partition coefficient (Wildman–Crippen LogP) is 3.27. The Labute approximate surface area is 155 Å². The number of fused-ring (bicyclic) bond motifs is 1. The minimum absolute atomic E-state index is 0.0335. The lowest BCUT2D eigenvalue weighted by Gasteiger charge is -2.18. The number of phosphoric ester groups is 1. The van der Waals surface area contributed by atoms with E-state index < -0.39 is 7.82 Å². The average molecular weight is 386 g/mol. The number of nitrogens with zero attached hydrogens (tertiary/aromatic N) is 1. The Morgan fingerprint density at radius 2 is 1.81 bits per heavy atom. The van der Waals surface area contributed by atoms with Gasteiger partial charge in [0.15, 0.2) is 5.43 Å². The van der Waals surface area contributed by atoms with Gasteiger partial charge in [0, 0.05) is 47.0 Å². The van der Waals surface area contributed by atoms with Crippen LogP contribution in [0.25, 0.3) is 22.2 Å². The van der Waals surface area contributed by atoms with Crippen molar-refractivity contribution in [2.45, 2.75) is 12.8 Å². The monoisotopic (exact) mass is 386 g/mol. The highest BCUT2D eigenvalue weighted by Crippen LogP contribution is 2.38. The molecular formula is C19H19N2O5P. The van der Waals surface area contributed by atoms with E-state index >= 15 is 0 Å². The summed E-state index contributed by atoms with van der Waals surface area (Å²) in [5.41, 5.74) is 2.80. The molecule has 8 heteroatoms. The molecule has 1 aliphatic heterocycles. The number of pyridine rings is 1. The molecule has 0 unspecified atom stereocenters. The molecule has 0 spiro atoms. The van der Waals surface area contributed by atoms with Crippen molar-refractivity contribution in [3.63, 3.8) is 0 Å². The largest absolute Gasteiger partial charge is 0.524 e. The van der Waals surface area contributed by atoms with Crippen LogP contribution in [0.4, 0.5) is 5.69 Å². The van der Waals surface area contributed by atoms with Gasteiger partial charge >= 0.3 is 7.82 Å². The van der Waals surface area contributed by atoms with E-state index in [1.54, 1.807) is 12.1 Å². The molecule has 0 radical (unpaired) electrons. The first kappa shape index (κ1) is 17.8. The normalized spacial score (nSPS) is 14.7. The Hall–Kier alpha value is -2.60. The fourth-order valence-electron chi connectivity index (χ4n) is 3.42. The number of anilines is 1. The van der Waals surface area contributed by atoms with Gasteiger partial charge < -0.3 is 14.4 Å². The van der Waals surface area contributed by atoms with Crippen molar-refractivity contribution in [2.75, 3.05) is 18.0 Å². The van der Waals surface area contributed by atoms with E-state index in [-0.39, 0.29) is 11.2 Å². The van der Waals surface area contributed by atoms with Crippen molar-refractivity contribution in [3.05, 3.63) is 58.8 Å². The van der Waals surface area contributed by atoms with Crippen molar-refractivity contribution >= 4 is 24.4 Å². The number of aromatic nitrogens is 1. The zero-order valence-electron chi connectivity index (χ0n) is 14.5. The van der Waals surface area contributed by atoms with Gasteiger partial charge in [-0.1, -0.05) is 12.1 Å². The molecule has 27 heavy (non-hydrogen) atoms. The first-order valence-corrected chi connectivity index (χ1v) is 10.2. The number of hydrogen-bond acceptors (Lipinski definition) is 4. The van der Waals surface area contributed by atoms with E-state index in [9.17, 15) is 9.36 Å². The molecule has 3 N–H and O–H groups in total. The third kappa shape index (κ3) is 3.90. The second kappa shape index (κ2) is 6.85.